The maximum Gasteiger partial charge on any atom is 0.337 e. The zero-order valence-corrected chi connectivity index (χ0v) is 19.0. The molecule has 32 heavy (non-hydrogen) atoms. The van der Waals surface area contributed by atoms with Crippen molar-refractivity contribution in [3.05, 3.63) is 82.5 Å². The number of carbonyl (C=O) groups is 2. The molecule has 7 nitrogen and oxygen atoms in total. The first-order valence-electron chi connectivity index (χ1n) is 10.3. The number of esters is 2. The molecule has 7 heteroatoms. The van der Waals surface area contributed by atoms with Gasteiger partial charge in [0.15, 0.2) is 0 Å². The third kappa shape index (κ3) is 5.55. The van der Waals surface area contributed by atoms with Crippen molar-refractivity contribution < 1.29 is 23.8 Å². The van der Waals surface area contributed by atoms with Crippen LogP contribution in [-0.2, 0) is 28.0 Å². The Balaban J connectivity index is 1.78. The fourth-order valence-corrected chi connectivity index (χ4v) is 3.04. The summed E-state index contributed by atoms with van der Waals surface area (Å²) in [5, 5.41) is 4.75. The lowest BCUT2D eigenvalue weighted by Gasteiger charge is -2.14. The van der Waals surface area contributed by atoms with Gasteiger partial charge >= 0.3 is 11.9 Å². The summed E-state index contributed by atoms with van der Waals surface area (Å²) in [7, 11) is 2.72. The third-order valence-electron chi connectivity index (χ3n) is 4.98. The van der Waals surface area contributed by atoms with Crippen LogP contribution >= 0.6 is 0 Å². The fourth-order valence-electron chi connectivity index (χ4n) is 3.04. The molecule has 2 aromatic carbocycles. The highest BCUT2D eigenvalue weighted by molar-refractivity contribution is 5.89. The highest BCUT2D eigenvalue weighted by Crippen LogP contribution is 2.26. The number of ether oxygens (including phenoxy) is 3. The molecule has 0 N–H and O–H groups in total. The maximum atomic E-state index is 11.7. The second kappa shape index (κ2) is 9.68. The molecule has 0 atom stereocenters. The summed E-state index contributed by atoms with van der Waals surface area (Å²) >= 11 is 0. The van der Waals surface area contributed by atoms with E-state index in [0.717, 1.165) is 16.8 Å². The van der Waals surface area contributed by atoms with Gasteiger partial charge in [-0.2, -0.15) is 5.10 Å². The van der Waals surface area contributed by atoms with Crippen LogP contribution in [0, 0.1) is 0 Å². The minimum atomic E-state index is -0.372. The molecule has 0 aliphatic heterocycles. The van der Waals surface area contributed by atoms with Crippen molar-refractivity contribution in [3.63, 3.8) is 0 Å². The Hall–Kier alpha value is -3.61. The van der Waals surface area contributed by atoms with E-state index in [1.54, 1.807) is 24.3 Å². The number of hydrogen-bond acceptors (Lipinski definition) is 6. The summed E-state index contributed by atoms with van der Waals surface area (Å²) in [4.78, 5) is 23.3. The molecule has 0 saturated heterocycles. The van der Waals surface area contributed by atoms with Gasteiger partial charge in [-0.3, -0.25) is 0 Å². The molecule has 3 aromatic rings. The van der Waals surface area contributed by atoms with Gasteiger partial charge < -0.3 is 14.2 Å². The first-order chi connectivity index (χ1) is 15.2. The summed E-state index contributed by atoms with van der Waals surface area (Å²) in [6.45, 7) is 7.12. The molecule has 0 unspecified atom stereocenters. The van der Waals surface area contributed by atoms with Crippen LogP contribution in [0.3, 0.4) is 0 Å². The van der Waals surface area contributed by atoms with Gasteiger partial charge in [-0.15, -0.1) is 0 Å². The van der Waals surface area contributed by atoms with E-state index >= 15 is 0 Å². The fraction of sp³-hybridized carbons (Fsp3) is 0.320. The Labute approximate surface area is 187 Å². The van der Waals surface area contributed by atoms with Gasteiger partial charge in [-0.05, 0) is 35.4 Å². The lowest BCUT2D eigenvalue weighted by atomic mass is 9.93. The molecule has 0 spiro atoms. The molecule has 0 aliphatic rings. The summed E-state index contributed by atoms with van der Waals surface area (Å²) in [5.41, 5.74) is 3.67. The number of rotatable bonds is 7. The number of carbonyl (C=O) groups excluding carboxylic acids is 2. The van der Waals surface area contributed by atoms with Crippen LogP contribution in [0.1, 0.15) is 58.3 Å². The van der Waals surface area contributed by atoms with Gasteiger partial charge in [0.2, 0.25) is 5.88 Å². The Morgan fingerprint density at radius 3 is 1.81 bits per heavy atom. The molecule has 0 radical (unpaired) electrons. The standard InChI is InChI=1S/C25H28N2O5/c1-25(2,3)21-14-22(32-16-18-8-12-20(13-9-18)24(29)31-5)27(26-21)15-17-6-10-19(11-7-17)23(28)30-4/h6-14H,15-16H2,1-5H3. The summed E-state index contributed by atoms with van der Waals surface area (Å²) in [6, 6.07) is 16.3. The average Bonchev–Trinajstić information content (AvgIpc) is 3.20. The van der Waals surface area contributed by atoms with Crippen molar-refractivity contribution in [3.8, 4) is 5.88 Å². The lowest BCUT2D eigenvalue weighted by Crippen LogP contribution is -2.13. The second-order valence-corrected chi connectivity index (χ2v) is 8.44. The van der Waals surface area contributed by atoms with E-state index in [4.69, 9.17) is 19.3 Å². The van der Waals surface area contributed by atoms with Crippen LogP contribution < -0.4 is 4.74 Å². The first-order valence-corrected chi connectivity index (χ1v) is 10.3. The van der Waals surface area contributed by atoms with Gasteiger partial charge in [0.1, 0.15) is 6.61 Å². The monoisotopic (exact) mass is 436 g/mol. The van der Waals surface area contributed by atoms with E-state index in [1.807, 2.05) is 35.0 Å². The van der Waals surface area contributed by atoms with Crippen molar-refractivity contribution in [2.24, 2.45) is 0 Å². The van der Waals surface area contributed by atoms with Crippen LogP contribution in [-0.4, -0.2) is 35.9 Å². The van der Waals surface area contributed by atoms with Crippen LogP contribution in [0.2, 0.25) is 0 Å². The van der Waals surface area contributed by atoms with Gasteiger partial charge in [0.05, 0.1) is 37.6 Å². The Bertz CT molecular complexity index is 1080. The number of hydrogen-bond donors (Lipinski definition) is 0. The molecule has 1 heterocycles. The van der Waals surface area contributed by atoms with Crippen LogP contribution in [0.4, 0.5) is 0 Å². The molecular formula is C25H28N2O5. The normalized spacial score (nSPS) is 11.2. The second-order valence-electron chi connectivity index (χ2n) is 8.44. The van der Waals surface area contributed by atoms with E-state index in [-0.39, 0.29) is 17.4 Å². The highest BCUT2D eigenvalue weighted by Gasteiger charge is 2.21. The van der Waals surface area contributed by atoms with Crippen molar-refractivity contribution in [1.29, 1.82) is 0 Å². The van der Waals surface area contributed by atoms with E-state index in [9.17, 15) is 9.59 Å². The molecule has 0 amide bonds. The Morgan fingerprint density at radius 1 is 0.844 bits per heavy atom. The molecule has 1 aromatic heterocycles. The van der Waals surface area contributed by atoms with E-state index < -0.39 is 0 Å². The molecule has 0 aliphatic carbocycles. The summed E-state index contributed by atoms with van der Waals surface area (Å²) in [5.74, 6) is -0.0968. The summed E-state index contributed by atoms with van der Waals surface area (Å²) in [6.07, 6.45) is 0. The van der Waals surface area contributed by atoms with Gasteiger partial charge in [-0.25, -0.2) is 14.3 Å². The first kappa shape index (κ1) is 23.1. The number of aromatic nitrogens is 2. The quantitative estimate of drug-likeness (QED) is 0.512. The number of benzene rings is 2. The molecule has 3 rings (SSSR count). The molecular weight excluding hydrogens is 408 g/mol. The molecule has 0 fully saturated rings. The smallest absolute Gasteiger partial charge is 0.337 e. The number of methoxy groups -OCH3 is 2. The maximum absolute atomic E-state index is 11.7. The minimum absolute atomic E-state index is 0.139. The topological polar surface area (TPSA) is 79.7 Å². The van der Waals surface area contributed by atoms with Crippen molar-refractivity contribution >= 4 is 11.9 Å². The molecule has 0 bridgehead atoms. The summed E-state index contributed by atoms with van der Waals surface area (Å²) < 4.78 is 17.4. The van der Waals surface area contributed by atoms with Crippen molar-refractivity contribution in [1.82, 2.24) is 9.78 Å². The van der Waals surface area contributed by atoms with Crippen LogP contribution in [0.25, 0.3) is 0 Å². The molecule has 168 valence electrons. The van der Waals surface area contributed by atoms with E-state index in [2.05, 4.69) is 20.8 Å². The lowest BCUT2D eigenvalue weighted by molar-refractivity contribution is 0.0592. The predicted molar refractivity (Wildman–Crippen MR) is 120 cm³/mol. The largest absolute Gasteiger partial charge is 0.473 e. The minimum Gasteiger partial charge on any atom is -0.473 e. The van der Waals surface area contributed by atoms with Crippen LogP contribution in [0.15, 0.2) is 54.6 Å². The van der Waals surface area contributed by atoms with Gasteiger partial charge in [0, 0.05) is 11.5 Å². The zero-order valence-electron chi connectivity index (χ0n) is 19.0. The van der Waals surface area contributed by atoms with Crippen molar-refractivity contribution in [2.75, 3.05) is 14.2 Å². The van der Waals surface area contributed by atoms with E-state index in [0.29, 0.717) is 30.2 Å². The number of nitrogens with zero attached hydrogens (tertiary/aromatic N) is 2. The van der Waals surface area contributed by atoms with Gasteiger partial charge in [-0.1, -0.05) is 45.0 Å². The Kier molecular flexibility index (Phi) is 6.98. The van der Waals surface area contributed by atoms with Crippen molar-refractivity contribution in [2.45, 2.75) is 39.3 Å². The predicted octanol–water partition coefficient (Wildman–Crippen LogP) is 4.38. The molecule has 0 saturated carbocycles. The highest BCUT2D eigenvalue weighted by atomic mass is 16.5. The van der Waals surface area contributed by atoms with Gasteiger partial charge in [0.25, 0.3) is 0 Å². The Morgan fingerprint density at radius 2 is 1.34 bits per heavy atom. The zero-order chi connectivity index (χ0) is 23.3. The average molecular weight is 437 g/mol. The third-order valence-corrected chi connectivity index (χ3v) is 4.98. The van der Waals surface area contributed by atoms with E-state index in [1.165, 1.54) is 14.2 Å². The van der Waals surface area contributed by atoms with Crippen LogP contribution in [0.5, 0.6) is 5.88 Å². The SMILES string of the molecule is COC(=O)c1ccc(COc2cc(C(C)(C)C)nn2Cc2ccc(C(=O)OC)cc2)cc1.